The molecule has 0 saturated carbocycles. The first-order valence-corrected chi connectivity index (χ1v) is 6.26. The van der Waals surface area contributed by atoms with Gasteiger partial charge in [0.25, 0.3) is 0 Å². The van der Waals surface area contributed by atoms with Crippen molar-refractivity contribution in [3.63, 3.8) is 0 Å². The van der Waals surface area contributed by atoms with Gasteiger partial charge in [0, 0.05) is 5.69 Å². The highest BCUT2D eigenvalue weighted by Gasteiger charge is 2.15. The van der Waals surface area contributed by atoms with E-state index in [0.717, 1.165) is 5.69 Å². The standard InChI is InChI=1S/C13H13FN2OS/c1-7-6-10(4-5-11(7)14)15-13-12(9(3)17)8(2)16-18-13/h4-6,15H,1-3H3. The molecule has 0 amide bonds. The number of Topliss-reactive ketones (excluding diaryl/α,β-unsaturated/α-hetero) is 1. The molecule has 0 aliphatic rings. The number of halogens is 1. The van der Waals surface area contributed by atoms with Gasteiger partial charge >= 0.3 is 0 Å². The van der Waals surface area contributed by atoms with Crippen LogP contribution in [0.15, 0.2) is 18.2 Å². The molecule has 0 aliphatic carbocycles. The van der Waals surface area contributed by atoms with E-state index >= 15 is 0 Å². The van der Waals surface area contributed by atoms with Gasteiger partial charge < -0.3 is 5.32 Å². The number of hydrogen-bond acceptors (Lipinski definition) is 4. The van der Waals surface area contributed by atoms with Crippen LogP contribution in [0.3, 0.4) is 0 Å². The van der Waals surface area contributed by atoms with Crippen molar-refractivity contribution in [3.05, 3.63) is 40.8 Å². The van der Waals surface area contributed by atoms with E-state index in [1.165, 1.54) is 24.5 Å². The number of carbonyl (C=O) groups is 1. The number of nitrogens with zero attached hydrogens (tertiary/aromatic N) is 1. The molecule has 0 atom stereocenters. The Balaban J connectivity index is 2.34. The van der Waals surface area contributed by atoms with Crippen molar-refractivity contribution in [2.24, 2.45) is 0 Å². The molecule has 1 N–H and O–H groups in total. The zero-order chi connectivity index (χ0) is 13.3. The largest absolute Gasteiger partial charge is 0.345 e. The van der Waals surface area contributed by atoms with Crippen molar-refractivity contribution < 1.29 is 9.18 Å². The Labute approximate surface area is 109 Å². The van der Waals surface area contributed by atoms with E-state index in [1.54, 1.807) is 26.0 Å². The minimum atomic E-state index is -0.243. The van der Waals surface area contributed by atoms with Crippen LogP contribution in [0.25, 0.3) is 0 Å². The third-order valence-corrected chi connectivity index (χ3v) is 3.48. The van der Waals surface area contributed by atoms with E-state index in [0.29, 0.717) is 21.8 Å². The van der Waals surface area contributed by atoms with Crippen molar-refractivity contribution in [3.8, 4) is 0 Å². The number of aromatic nitrogens is 1. The molecule has 18 heavy (non-hydrogen) atoms. The van der Waals surface area contributed by atoms with Gasteiger partial charge in [-0.05, 0) is 56.1 Å². The summed E-state index contributed by atoms with van der Waals surface area (Å²) in [6.45, 7) is 5.01. The lowest BCUT2D eigenvalue weighted by Crippen LogP contribution is -1.99. The predicted molar refractivity (Wildman–Crippen MR) is 71.3 cm³/mol. The lowest BCUT2D eigenvalue weighted by Gasteiger charge is -2.06. The van der Waals surface area contributed by atoms with Crippen LogP contribution in [0.1, 0.15) is 28.5 Å². The number of aryl methyl sites for hydroxylation is 2. The zero-order valence-electron chi connectivity index (χ0n) is 10.4. The molecule has 0 unspecified atom stereocenters. The fourth-order valence-electron chi connectivity index (χ4n) is 1.72. The maximum atomic E-state index is 13.2. The number of hydrogen-bond donors (Lipinski definition) is 1. The van der Waals surface area contributed by atoms with E-state index in [9.17, 15) is 9.18 Å². The molecule has 94 valence electrons. The fourth-order valence-corrected chi connectivity index (χ4v) is 2.59. The highest BCUT2D eigenvalue weighted by molar-refractivity contribution is 7.10. The van der Waals surface area contributed by atoms with Gasteiger partial charge in [-0.2, -0.15) is 4.37 Å². The van der Waals surface area contributed by atoms with Crippen LogP contribution < -0.4 is 5.32 Å². The zero-order valence-corrected chi connectivity index (χ0v) is 11.2. The van der Waals surface area contributed by atoms with Gasteiger partial charge in [-0.25, -0.2) is 4.39 Å². The van der Waals surface area contributed by atoms with Gasteiger partial charge in [-0.3, -0.25) is 4.79 Å². The first-order valence-electron chi connectivity index (χ1n) is 5.49. The lowest BCUT2D eigenvalue weighted by atomic mass is 10.1. The summed E-state index contributed by atoms with van der Waals surface area (Å²) < 4.78 is 17.3. The van der Waals surface area contributed by atoms with Gasteiger partial charge in [0.1, 0.15) is 10.8 Å². The Morgan fingerprint density at radius 2 is 2.11 bits per heavy atom. The molecule has 0 bridgehead atoms. The van der Waals surface area contributed by atoms with Crippen LogP contribution in [0.5, 0.6) is 0 Å². The Morgan fingerprint density at radius 1 is 1.39 bits per heavy atom. The molecule has 2 aromatic rings. The maximum Gasteiger partial charge on any atom is 0.164 e. The highest BCUT2D eigenvalue weighted by atomic mass is 32.1. The SMILES string of the molecule is CC(=O)c1c(C)nsc1Nc1ccc(F)c(C)c1. The fraction of sp³-hybridized carbons (Fsp3) is 0.231. The molecule has 3 nitrogen and oxygen atoms in total. The van der Waals surface area contributed by atoms with Crippen molar-refractivity contribution in [1.82, 2.24) is 4.37 Å². The third kappa shape index (κ3) is 2.41. The second-order valence-electron chi connectivity index (χ2n) is 4.12. The minimum Gasteiger partial charge on any atom is -0.345 e. The molecule has 5 heteroatoms. The summed E-state index contributed by atoms with van der Waals surface area (Å²) in [7, 11) is 0. The van der Waals surface area contributed by atoms with Crippen LogP contribution in [0.4, 0.5) is 15.1 Å². The third-order valence-electron chi connectivity index (χ3n) is 2.63. The number of rotatable bonds is 3. The monoisotopic (exact) mass is 264 g/mol. The quantitative estimate of drug-likeness (QED) is 0.856. The van der Waals surface area contributed by atoms with E-state index in [4.69, 9.17) is 0 Å². The molecule has 0 saturated heterocycles. The van der Waals surface area contributed by atoms with Crippen LogP contribution in [0, 0.1) is 19.7 Å². The molecule has 0 fully saturated rings. The van der Waals surface area contributed by atoms with Crippen molar-refractivity contribution in [2.75, 3.05) is 5.32 Å². The first-order chi connectivity index (χ1) is 8.49. The summed E-state index contributed by atoms with van der Waals surface area (Å²) in [6, 6.07) is 4.74. The molecule has 0 aliphatic heterocycles. The van der Waals surface area contributed by atoms with Crippen LogP contribution in [-0.2, 0) is 0 Å². The number of carbonyl (C=O) groups excluding carboxylic acids is 1. The van der Waals surface area contributed by atoms with Crippen molar-refractivity contribution in [1.29, 1.82) is 0 Å². The summed E-state index contributed by atoms with van der Waals surface area (Å²) in [4.78, 5) is 11.5. The molecule has 0 radical (unpaired) electrons. The number of benzene rings is 1. The Bertz CT molecular complexity index is 607. The molecular formula is C13H13FN2OS. The number of ketones is 1. The van der Waals surface area contributed by atoms with Crippen LogP contribution in [-0.4, -0.2) is 10.2 Å². The van der Waals surface area contributed by atoms with Gasteiger partial charge in [0.2, 0.25) is 0 Å². The predicted octanol–water partition coefficient (Wildman–Crippen LogP) is 3.85. The summed E-state index contributed by atoms with van der Waals surface area (Å²) in [5.41, 5.74) is 2.63. The van der Waals surface area contributed by atoms with Crippen molar-refractivity contribution in [2.45, 2.75) is 20.8 Å². The Kier molecular flexibility index (Phi) is 3.43. The van der Waals surface area contributed by atoms with Gasteiger partial charge in [0.05, 0.1) is 11.3 Å². The van der Waals surface area contributed by atoms with Gasteiger partial charge in [-0.1, -0.05) is 0 Å². The van der Waals surface area contributed by atoms with E-state index in [2.05, 4.69) is 9.69 Å². The minimum absolute atomic E-state index is 0.0254. The maximum absolute atomic E-state index is 13.2. The van der Waals surface area contributed by atoms with E-state index in [-0.39, 0.29) is 11.6 Å². The number of anilines is 2. The lowest BCUT2D eigenvalue weighted by molar-refractivity contribution is 0.101. The smallest absolute Gasteiger partial charge is 0.164 e. The van der Waals surface area contributed by atoms with Gasteiger partial charge in [-0.15, -0.1) is 0 Å². The Morgan fingerprint density at radius 3 is 2.72 bits per heavy atom. The molecule has 0 spiro atoms. The van der Waals surface area contributed by atoms with Crippen molar-refractivity contribution >= 4 is 28.0 Å². The molecule has 2 rings (SSSR count). The van der Waals surface area contributed by atoms with Crippen LogP contribution >= 0.6 is 11.5 Å². The normalized spacial score (nSPS) is 10.4. The van der Waals surface area contributed by atoms with E-state index < -0.39 is 0 Å². The second kappa shape index (κ2) is 4.86. The topological polar surface area (TPSA) is 42.0 Å². The molecular weight excluding hydrogens is 251 g/mol. The summed E-state index contributed by atoms with van der Waals surface area (Å²) >= 11 is 1.23. The average molecular weight is 264 g/mol. The molecule has 1 aromatic carbocycles. The molecule has 1 aromatic heterocycles. The summed E-state index contributed by atoms with van der Waals surface area (Å²) in [6.07, 6.45) is 0. The summed E-state index contributed by atoms with van der Waals surface area (Å²) in [5.74, 6) is -0.268. The van der Waals surface area contributed by atoms with E-state index in [1.807, 2.05) is 0 Å². The second-order valence-corrected chi connectivity index (χ2v) is 4.89. The first kappa shape index (κ1) is 12.7. The highest BCUT2D eigenvalue weighted by Crippen LogP contribution is 2.28. The molecule has 1 heterocycles. The van der Waals surface area contributed by atoms with Gasteiger partial charge in [0.15, 0.2) is 5.78 Å². The number of nitrogens with one attached hydrogen (secondary N) is 1. The van der Waals surface area contributed by atoms with Crippen LogP contribution in [0.2, 0.25) is 0 Å². The summed E-state index contributed by atoms with van der Waals surface area (Å²) in [5, 5.41) is 3.81. The average Bonchev–Trinajstić information content (AvgIpc) is 2.65. The Hall–Kier alpha value is -1.75.